The van der Waals surface area contributed by atoms with Crippen molar-refractivity contribution < 1.29 is 9.66 Å². The summed E-state index contributed by atoms with van der Waals surface area (Å²) in [4.78, 5) is 15.5. The second-order valence-electron chi connectivity index (χ2n) is 4.34. The van der Waals surface area contributed by atoms with Gasteiger partial charge in [0.2, 0.25) is 0 Å². The first-order valence-electron chi connectivity index (χ1n) is 6.14. The molecule has 1 aromatic heterocycles. The highest BCUT2D eigenvalue weighted by atomic mass is 32.1. The van der Waals surface area contributed by atoms with Gasteiger partial charge >= 0.3 is 0 Å². The Kier molecular flexibility index (Phi) is 3.41. The molecule has 7 heteroatoms. The van der Waals surface area contributed by atoms with Crippen molar-refractivity contribution >= 4 is 32.9 Å². The van der Waals surface area contributed by atoms with Gasteiger partial charge in [0.1, 0.15) is 12.4 Å². The fourth-order valence-corrected chi connectivity index (χ4v) is 2.68. The Bertz CT molecular complexity index is 816. The molecule has 0 aliphatic rings. The minimum absolute atomic E-state index is 0.0694. The minimum Gasteiger partial charge on any atom is -0.487 e. The van der Waals surface area contributed by atoms with E-state index < -0.39 is 4.92 Å². The van der Waals surface area contributed by atoms with Gasteiger partial charge in [0.25, 0.3) is 5.69 Å². The minimum atomic E-state index is -0.393. The van der Waals surface area contributed by atoms with E-state index in [0.29, 0.717) is 28.3 Å². The fourth-order valence-electron chi connectivity index (χ4n) is 2.08. The molecule has 0 saturated carbocycles. The van der Waals surface area contributed by atoms with Crippen LogP contribution in [-0.2, 0) is 6.61 Å². The Morgan fingerprint density at radius 1 is 1.24 bits per heavy atom. The van der Waals surface area contributed by atoms with Gasteiger partial charge in [-0.3, -0.25) is 10.1 Å². The molecule has 2 aromatic carbocycles. The summed E-state index contributed by atoms with van der Waals surface area (Å²) in [6.07, 6.45) is 1.66. The zero-order chi connectivity index (χ0) is 14.8. The molecule has 106 valence electrons. The highest BCUT2D eigenvalue weighted by Crippen LogP contribution is 2.33. The van der Waals surface area contributed by atoms with Crippen LogP contribution in [0.4, 0.5) is 10.8 Å². The number of non-ortho nitro benzene ring substituents is 1. The summed E-state index contributed by atoms with van der Waals surface area (Å²) in [6, 6.07) is 10.2. The fraction of sp³-hybridized carbons (Fsp3) is 0.0714. The van der Waals surface area contributed by atoms with E-state index in [4.69, 9.17) is 10.5 Å². The van der Waals surface area contributed by atoms with Crippen molar-refractivity contribution in [3.8, 4) is 5.75 Å². The number of nitro groups is 1. The molecule has 0 spiro atoms. The van der Waals surface area contributed by atoms with Crippen LogP contribution in [0.1, 0.15) is 4.88 Å². The molecule has 3 aromatic rings. The molecule has 0 amide bonds. The first-order chi connectivity index (χ1) is 10.1. The van der Waals surface area contributed by atoms with Gasteiger partial charge in [-0.1, -0.05) is 29.5 Å². The molecular weight excluding hydrogens is 290 g/mol. The SMILES string of the molecule is Nc1ncc(COc2ccc([N+](=O)[O-])c3ccccc23)s1. The molecule has 21 heavy (non-hydrogen) atoms. The van der Waals surface area contributed by atoms with Crippen molar-refractivity contribution in [1.82, 2.24) is 4.98 Å². The topological polar surface area (TPSA) is 91.3 Å². The number of ether oxygens (including phenoxy) is 1. The molecule has 0 aliphatic heterocycles. The summed E-state index contributed by atoms with van der Waals surface area (Å²) in [7, 11) is 0. The first-order valence-corrected chi connectivity index (χ1v) is 6.96. The molecule has 0 saturated heterocycles. The second-order valence-corrected chi connectivity index (χ2v) is 5.49. The molecule has 2 N–H and O–H groups in total. The molecule has 0 fully saturated rings. The lowest BCUT2D eigenvalue weighted by molar-refractivity contribution is -0.383. The average molecular weight is 301 g/mol. The van der Waals surface area contributed by atoms with E-state index in [0.717, 1.165) is 4.88 Å². The molecular formula is C14H11N3O3S. The zero-order valence-electron chi connectivity index (χ0n) is 10.9. The Balaban J connectivity index is 1.96. The predicted octanol–water partition coefficient (Wildman–Crippen LogP) is 3.37. The Morgan fingerprint density at radius 3 is 2.67 bits per heavy atom. The van der Waals surface area contributed by atoms with Crippen molar-refractivity contribution in [2.45, 2.75) is 6.61 Å². The molecule has 0 radical (unpaired) electrons. The Morgan fingerprint density at radius 2 is 2.00 bits per heavy atom. The van der Waals surface area contributed by atoms with Gasteiger partial charge in [0.05, 0.1) is 15.2 Å². The summed E-state index contributed by atoms with van der Waals surface area (Å²) >= 11 is 1.35. The number of nitrogens with two attached hydrogens (primary N) is 1. The van der Waals surface area contributed by atoms with Crippen LogP contribution in [0.3, 0.4) is 0 Å². The summed E-state index contributed by atoms with van der Waals surface area (Å²) in [5.41, 5.74) is 5.64. The third-order valence-corrected chi connectivity index (χ3v) is 3.80. The number of anilines is 1. The normalized spacial score (nSPS) is 10.7. The van der Waals surface area contributed by atoms with Crippen molar-refractivity contribution in [2.24, 2.45) is 0 Å². The highest BCUT2D eigenvalue weighted by Gasteiger charge is 2.14. The molecule has 1 heterocycles. The maximum absolute atomic E-state index is 11.1. The third kappa shape index (κ3) is 2.63. The van der Waals surface area contributed by atoms with Gasteiger partial charge in [-0.05, 0) is 12.1 Å². The molecule has 0 atom stereocenters. The number of nitro benzene ring substituents is 1. The highest BCUT2D eigenvalue weighted by molar-refractivity contribution is 7.15. The summed E-state index contributed by atoms with van der Waals surface area (Å²) in [6.45, 7) is 0.330. The van der Waals surface area contributed by atoms with Gasteiger partial charge in [-0.2, -0.15) is 0 Å². The lowest BCUT2D eigenvalue weighted by Gasteiger charge is -2.08. The van der Waals surface area contributed by atoms with Crippen LogP contribution >= 0.6 is 11.3 Å². The monoisotopic (exact) mass is 301 g/mol. The molecule has 0 bridgehead atoms. The first kappa shape index (κ1) is 13.3. The lowest BCUT2D eigenvalue weighted by atomic mass is 10.1. The van der Waals surface area contributed by atoms with Crippen LogP contribution < -0.4 is 10.5 Å². The van der Waals surface area contributed by atoms with Crippen LogP contribution in [0.25, 0.3) is 10.8 Å². The number of nitrogen functional groups attached to an aromatic ring is 1. The second kappa shape index (κ2) is 5.37. The van der Waals surface area contributed by atoms with E-state index in [1.165, 1.54) is 17.4 Å². The largest absolute Gasteiger partial charge is 0.487 e. The predicted molar refractivity (Wildman–Crippen MR) is 81.5 cm³/mol. The number of fused-ring (bicyclic) bond motifs is 1. The van der Waals surface area contributed by atoms with Crippen molar-refractivity contribution in [1.29, 1.82) is 0 Å². The molecule has 3 rings (SSSR count). The van der Waals surface area contributed by atoms with Crippen LogP contribution in [0.15, 0.2) is 42.6 Å². The van der Waals surface area contributed by atoms with E-state index in [1.807, 2.05) is 6.07 Å². The lowest BCUT2D eigenvalue weighted by Crippen LogP contribution is -1.96. The van der Waals surface area contributed by atoms with E-state index in [2.05, 4.69) is 4.98 Å². The van der Waals surface area contributed by atoms with Gasteiger partial charge in [-0.25, -0.2) is 4.98 Å². The smallest absolute Gasteiger partial charge is 0.277 e. The van der Waals surface area contributed by atoms with Crippen molar-refractivity contribution in [3.05, 3.63) is 57.6 Å². The number of nitrogens with zero attached hydrogens (tertiary/aromatic N) is 2. The summed E-state index contributed by atoms with van der Waals surface area (Å²) in [5, 5.41) is 12.8. The number of aromatic nitrogens is 1. The summed E-state index contributed by atoms with van der Waals surface area (Å²) < 4.78 is 5.75. The van der Waals surface area contributed by atoms with Crippen LogP contribution in [0.2, 0.25) is 0 Å². The quantitative estimate of drug-likeness (QED) is 0.589. The van der Waals surface area contributed by atoms with Crippen LogP contribution in [0, 0.1) is 10.1 Å². The maximum atomic E-state index is 11.1. The molecule has 0 aliphatic carbocycles. The summed E-state index contributed by atoms with van der Waals surface area (Å²) in [5.74, 6) is 0.600. The number of rotatable bonds is 4. The van der Waals surface area contributed by atoms with E-state index in [9.17, 15) is 10.1 Å². The number of hydrogen-bond donors (Lipinski definition) is 1. The van der Waals surface area contributed by atoms with Gasteiger partial charge < -0.3 is 10.5 Å². The van der Waals surface area contributed by atoms with E-state index in [-0.39, 0.29) is 5.69 Å². The molecule has 0 unspecified atom stereocenters. The van der Waals surface area contributed by atoms with Crippen LogP contribution in [-0.4, -0.2) is 9.91 Å². The maximum Gasteiger partial charge on any atom is 0.277 e. The van der Waals surface area contributed by atoms with Gasteiger partial charge in [0.15, 0.2) is 5.13 Å². The van der Waals surface area contributed by atoms with Crippen LogP contribution in [0.5, 0.6) is 5.75 Å². The number of hydrogen-bond acceptors (Lipinski definition) is 6. The average Bonchev–Trinajstić information content (AvgIpc) is 2.90. The third-order valence-electron chi connectivity index (χ3n) is 3.00. The Labute approximate surface area is 124 Å². The van der Waals surface area contributed by atoms with Crippen molar-refractivity contribution in [3.63, 3.8) is 0 Å². The van der Waals surface area contributed by atoms with Gasteiger partial charge in [0, 0.05) is 17.6 Å². The van der Waals surface area contributed by atoms with Crippen molar-refractivity contribution in [2.75, 3.05) is 5.73 Å². The van der Waals surface area contributed by atoms with Gasteiger partial charge in [-0.15, -0.1) is 0 Å². The number of benzene rings is 2. The van der Waals surface area contributed by atoms with E-state index in [1.54, 1.807) is 30.5 Å². The molecule has 6 nitrogen and oxygen atoms in total. The standard InChI is InChI=1S/C14H11N3O3S/c15-14-16-7-9(21-14)8-20-13-6-5-12(17(18)19)10-3-1-2-4-11(10)13/h1-7H,8H2,(H2,15,16). The number of thiazole rings is 1. The zero-order valence-corrected chi connectivity index (χ0v) is 11.7. The van der Waals surface area contributed by atoms with E-state index >= 15 is 0 Å². The Hall–Kier alpha value is -2.67.